The zero-order valence-corrected chi connectivity index (χ0v) is 17.0. The number of rotatable bonds is 7. The van der Waals surface area contributed by atoms with Crippen LogP contribution in [0.1, 0.15) is 24.5 Å². The fourth-order valence-corrected chi connectivity index (χ4v) is 3.11. The number of aromatic hydroxyl groups is 1. The molecule has 0 amide bonds. The van der Waals surface area contributed by atoms with Crippen LogP contribution in [0.5, 0.6) is 17.4 Å². The van der Waals surface area contributed by atoms with Crippen LogP contribution in [0.2, 0.25) is 0 Å². The Balaban J connectivity index is 2.07. The Bertz CT molecular complexity index is 1160. The van der Waals surface area contributed by atoms with Crippen molar-refractivity contribution in [3.8, 4) is 23.1 Å². The molecule has 0 fully saturated rings. The summed E-state index contributed by atoms with van der Waals surface area (Å²) in [5.41, 5.74) is 0.180. The number of nitrogens with one attached hydrogen (secondary N) is 1. The number of methoxy groups -OCH3 is 2. The van der Waals surface area contributed by atoms with E-state index in [1.807, 2.05) is 19.1 Å². The molecule has 0 aliphatic heterocycles. The third-order valence-corrected chi connectivity index (χ3v) is 4.59. The first-order valence-corrected chi connectivity index (χ1v) is 9.37. The number of nitrogens with zero attached hydrogens (tertiary/aromatic N) is 2. The minimum Gasteiger partial charge on any atom is -0.497 e. The van der Waals surface area contributed by atoms with E-state index in [1.165, 1.54) is 0 Å². The van der Waals surface area contributed by atoms with Gasteiger partial charge in [0.25, 0.3) is 5.56 Å². The fourth-order valence-electron chi connectivity index (χ4n) is 3.11. The first-order chi connectivity index (χ1) is 14.5. The SMILES string of the molecule is CCC(=NCc1cc(OC)cc(OC)c1)c1c(O)n(-c2ccccc2)c(=O)[nH]c1=O. The van der Waals surface area contributed by atoms with Gasteiger partial charge < -0.3 is 14.6 Å². The average molecular weight is 409 g/mol. The molecule has 2 N–H and O–H groups in total. The van der Waals surface area contributed by atoms with Gasteiger partial charge in [-0.05, 0) is 36.2 Å². The highest BCUT2D eigenvalue weighted by Gasteiger charge is 2.19. The van der Waals surface area contributed by atoms with Gasteiger partial charge in [-0.1, -0.05) is 25.1 Å². The van der Waals surface area contributed by atoms with Gasteiger partial charge in [0.2, 0.25) is 5.88 Å². The smallest absolute Gasteiger partial charge is 0.335 e. The van der Waals surface area contributed by atoms with Crippen molar-refractivity contribution in [3.63, 3.8) is 0 Å². The number of aromatic amines is 1. The largest absolute Gasteiger partial charge is 0.497 e. The highest BCUT2D eigenvalue weighted by atomic mass is 16.5. The Morgan fingerprint density at radius 3 is 2.27 bits per heavy atom. The lowest BCUT2D eigenvalue weighted by Crippen LogP contribution is -2.33. The first kappa shape index (κ1) is 20.9. The molecule has 156 valence electrons. The molecular weight excluding hydrogens is 386 g/mol. The van der Waals surface area contributed by atoms with Crippen molar-refractivity contribution in [1.29, 1.82) is 0 Å². The molecule has 0 aliphatic rings. The minimum absolute atomic E-state index is 0.0317. The number of hydrogen-bond acceptors (Lipinski definition) is 6. The molecule has 2 aromatic carbocycles. The summed E-state index contributed by atoms with van der Waals surface area (Å²) >= 11 is 0. The number of ether oxygens (including phenoxy) is 2. The summed E-state index contributed by atoms with van der Waals surface area (Å²) in [6.45, 7) is 2.06. The lowest BCUT2D eigenvalue weighted by molar-refractivity contribution is 0.393. The number of hydrogen-bond donors (Lipinski definition) is 2. The van der Waals surface area contributed by atoms with Gasteiger partial charge in [0.15, 0.2) is 0 Å². The van der Waals surface area contributed by atoms with E-state index in [2.05, 4.69) is 9.98 Å². The number of H-pyrrole nitrogens is 1. The monoisotopic (exact) mass is 409 g/mol. The van der Waals surface area contributed by atoms with E-state index in [4.69, 9.17) is 9.47 Å². The van der Waals surface area contributed by atoms with Crippen molar-refractivity contribution < 1.29 is 14.6 Å². The zero-order chi connectivity index (χ0) is 21.7. The van der Waals surface area contributed by atoms with Crippen LogP contribution in [-0.4, -0.2) is 34.6 Å². The first-order valence-electron chi connectivity index (χ1n) is 9.37. The summed E-state index contributed by atoms with van der Waals surface area (Å²) < 4.78 is 11.6. The van der Waals surface area contributed by atoms with Crippen molar-refractivity contribution in [1.82, 2.24) is 9.55 Å². The molecule has 1 aromatic heterocycles. The second-order valence-electron chi connectivity index (χ2n) is 6.47. The van der Waals surface area contributed by atoms with Crippen LogP contribution in [0.25, 0.3) is 5.69 Å². The van der Waals surface area contributed by atoms with E-state index in [1.54, 1.807) is 50.6 Å². The maximum Gasteiger partial charge on any atom is 0.335 e. The van der Waals surface area contributed by atoms with Gasteiger partial charge in [-0.3, -0.25) is 14.8 Å². The zero-order valence-electron chi connectivity index (χ0n) is 17.0. The van der Waals surface area contributed by atoms with Crippen LogP contribution in [-0.2, 0) is 6.54 Å². The highest BCUT2D eigenvalue weighted by molar-refractivity contribution is 6.02. The number of aromatic nitrogens is 2. The number of para-hydroxylation sites is 1. The van der Waals surface area contributed by atoms with E-state index in [-0.39, 0.29) is 12.1 Å². The van der Waals surface area contributed by atoms with Gasteiger partial charge in [-0.2, -0.15) is 0 Å². The van der Waals surface area contributed by atoms with Gasteiger partial charge in [0.1, 0.15) is 17.1 Å². The molecule has 3 rings (SSSR count). The third-order valence-electron chi connectivity index (χ3n) is 4.59. The molecule has 0 aliphatic carbocycles. The molecule has 3 aromatic rings. The Kier molecular flexibility index (Phi) is 6.36. The van der Waals surface area contributed by atoms with Gasteiger partial charge >= 0.3 is 5.69 Å². The Labute approximate surface area is 173 Å². The molecule has 0 atom stereocenters. The summed E-state index contributed by atoms with van der Waals surface area (Å²) in [5.74, 6) is 0.797. The quantitative estimate of drug-likeness (QED) is 0.584. The maximum atomic E-state index is 12.5. The molecular formula is C22H23N3O5. The third kappa shape index (κ3) is 4.27. The normalized spacial score (nSPS) is 11.4. The second kappa shape index (κ2) is 9.13. The van der Waals surface area contributed by atoms with Crippen LogP contribution in [0, 0.1) is 0 Å². The molecule has 8 heteroatoms. The second-order valence-corrected chi connectivity index (χ2v) is 6.47. The van der Waals surface area contributed by atoms with Gasteiger partial charge in [-0.15, -0.1) is 0 Å². The molecule has 0 spiro atoms. The van der Waals surface area contributed by atoms with Gasteiger partial charge in [-0.25, -0.2) is 9.36 Å². The van der Waals surface area contributed by atoms with E-state index < -0.39 is 17.1 Å². The van der Waals surface area contributed by atoms with Crippen LogP contribution in [0.15, 0.2) is 63.1 Å². The molecule has 0 unspecified atom stereocenters. The average Bonchev–Trinajstić information content (AvgIpc) is 2.76. The maximum absolute atomic E-state index is 12.5. The van der Waals surface area contributed by atoms with Gasteiger partial charge in [0.05, 0.1) is 32.2 Å². The van der Waals surface area contributed by atoms with Crippen LogP contribution in [0.3, 0.4) is 0 Å². The molecule has 0 saturated carbocycles. The fraction of sp³-hybridized carbons (Fsp3) is 0.227. The number of benzene rings is 2. The highest BCUT2D eigenvalue weighted by Crippen LogP contribution is 2.24. The van der Waals surface area contributed by atoms with E-state index in [9.17, 15) is 14.7 Å². The summed E-state index contributed by atoms with van der Waals surface area (Å²) in [6, 6.07) is 14.0. The standard InChI is InChI=1S/C22H23N3O5/c1-4-18(23-13-14-10-16(29-2)12-17(11-14)30-3)19-20(26)24-22(28)25(21(19)27)15-8-6-5-7-9-15/h5-12,27H,4,13H2,1-3H3,(H,24,26,28). The van der Waals surface area contributed by atoms with Crippen molar-refractivity contribution in [2.45, 2.75) is 19.9 Å². The topological polar surface area (TPSA) is 106 Å². The summed E-state index contributed by atoms with van der Waals surface area (Å²) in [7, 11) is 3.12. The molecule has 0 radical (unpaired) electrons. The summed E-state index contributed by atoms with van der Waals surface area (Å²) in [6.07, 6.45) is 0.380. The molecule has 8 nitrogen and oxygen atoms in total. The Morgan fingerprint density at radius 2 is 1.70 bits per heavy atom. The predicted octanol–water partition coefficient (Wildman–Crippen LogP) is 2.65. The van der Waals surface area contributed by atoms with Gasteiger partial charge in [0, 0.05) is 6.07 Å². The van der Waals surface area contributed by atoms with Crippen LogP contribution < -0.4 is 20.7 Å². The summed E-state index contributed by atoms with van der Waals surface area (Å²) in [4.78, 5) is 31.6. The Hall–Kier alpha value is -3.81. The lowest BCUT2D eigenvalue weighted by Gasteiger charge is -2.12. The van der Waals surface area contributed by atoms with Crippen molar-refractivity contribution in [2.75, 3.05) is 14.2 Å². The van der Waals surface area contributed by atoms with Crippen LogP contribution >= 0.6 is 0 Å². The van der Waals surface area contributed by atoms with Crippen LogP contribution in [0.4, 0.5) is 0 Å². The molecule has 30 heavy (non-hydrogen) atoms. The molecule has 0 bridgehead atoms. The lowest BCUT2D eigenvalue weighted by atomic mass is 10.1. The molecule has 0 saturated heterocycles. The predicted molar refractivity (Wildman–Crippen MR) is 114 cm³/mol. The Morgan fingerprint density at radius 1 is 1.07 bits per heavy atom. The number of aliphatic imine (C=N–C) groups is 1. The minimum atomic E-state index is -0.722. The van der Waals surface area contributed by atoms with E-state index >= 15 is 0 Å². The van der Waals surface area contributed by atoms with E-state index in [0.29, 0.717) is 29.3 Å². The van der Waals surface area contributed by atoms with Crippen molar-refractivity contribution in [2.24, 2.45) is 4.99 Å². The van der Waals surface area contributed by atoms with Crippen molar-refractivity contribution >= 4 is 5.71 Å². The van der Waals surface area contributed by atoms with E-state index in [0.717, 1.165) is 10.1 Å². The summed E-state index contributed by atoms with van der Waals surface area (Å²) in [5, 5.41) is 10.8. The van der Waals surface area contributed by atoms with Crippen molar-refractivity contribution in [3.05, 3.63) is 80.5 Å². The molecule has 1 heterocycles.